The lowest BCUT2D eigenvalue weighted by Gasteiger charge is -2.32. The van der Waals surface area contributed by atoms with Crippen LogP contribution in [0.4, 0.5) is 5.69 Å². The third-order valence-corrected chi connectivity index (χ3v) is 9.43. The van der Waals surface area contributed by atoms with Gasteiger partial charge in [-0.25, -0.2) is 8.42 Å². The first-order valence-electron chi connectivity index (χ1n) is 12.8. The summed E-state index contributed by atoms with van der Waals surface area (Å²) in [5.74, 6) is -0.752. The minimum atomic E-state index is -4.10. The molecule has 1 aliphatic rings. The summed E-state index contributed by atoms with van der Waals surface area (Å²) in [6.45, 7) is 1.33. The first kappa shape index (κ1) is 29.1. The summed E-state index contributed by atoms with van der Waals surface area (Å²) in [6, 6.07) is 21.0. The summed E-state index contributed by atoms with van der Waals surface area (Å²) in [5.41, 5.74) is 1.11. The molecule has 7 nitrogen and oxygen atoms in total. The first-order valence-corrected chi connectivity index (χ1v) is 15.4. The highest BCUT2D eigenvalue weighted by Crippen LogP contribution is 2.26. The van der Waals surface area contributed by atoms with Crippen LogP contribution in [0.2, 0.25) is 5.02 Å². The normalized spacial score (nSPS) is 14.5. The van der Waals surface area contributed by atoms with Gasteiger partial charge in [0.25, 0.3) is 10.0 Å². The molecular weight excluding hydrogens is 602 g/mol. The molecule has 3 aromatic rings. The van der Waals surface area contributed by atoms with E-state index in [-0.39, 0.29) is 23.4 Å². The Balaban J connectivity index is 1.66. The van der Waals surface area contributed by atoms with Crippen LogP contribution in [0.15, 0.2) is 88.2 Å². The van der Waals surface area contributed by atoms with Crippen molar-refractivity contribution in [3.8, 4) is 0 Å². The molecule has 1 N–H and O–H groups in total. The number of hydrogen-bond acceptors (Lipinski definition) is 4. The fourth-order valence-corrected chi connectivity index (χ4v) is 6.44. The van der Waals surface area contributed by atoms with Crippen LogP contribution < -0.4 is 9.62 Å². The van der Waals surface area contributed by atoms with Crippen LogP contribution in [0.25, 0.3) is 0 Å². The number of carbonyl (C=O) groups excluding carboxylic acids is 2. The number of sulfonamides is 1. The van der Waals surface area contributed by atoms with E-state index in [2.05, 4.69) is 21.2 Å². The van der Waals surface area contributed by atoms with Gasteiger partial charge in [-0.05, 0) is 73.9 Å². The number of rotatable bonds is 10. The van der Waals surface area contributed by atoms with Crippen LogP contribution >= 0.6 is 27.5 Å². The van der Waals surface area contributed by atoms with Crippen molar-refractivity contribution < 1.29 is 18.0 Å². The zero-order chi connectivity index (χ0) is 28.0. The summed E-state index contributed by atoms with van der Waals surface area (Å²) in [4.78, 5) is 28.7. The van der Waals surface area contributed by atoms with Gasteiger partial charge in [-0.1, -0.05) is 70.7 Å². The number of halogens is 2. The third kappa shape index (κ3) is 7.41. The van der Waals surface area contributed by atoms with E-state index in [1.165, 1.54) is 17.0 Å². The molecule has 10 heteroatoms. The number of benzene rings is 3. The Morgan fingerprint density at radius 1 is 0.974 bits per heavy atom. The van der Waals surface area contributed by atoms with Crippen molar-refractivity contribution in [2.75, 3.05) is 10.8 Å². The van der Waals surface area contributed by atoms with Crippen molar-refractivity contribution in [2.45, 2.75) is 56.1 Å². The number of hydrogen-bond donors (Lipinski definition) is 1. The molecule has 0 spiro atoms. The van der Waals surface area contributed by atoms with Gasteiger partial charge < -0.3 is 10.2 Å². The maximum absolute atomic E-state index is 13.9. The molecule has 0 bridgehead atoms. The highest BCUT2D eigenvalue weighted by molar-refractivity contribution is 9.10. The van der Waals surface area contributed by atoms with E-state index in [1.54, 1.807) is 49.4 Å². The van der Waals surface area contributed by atoms with Gasteiger partial charge in [0.2, 0.25) is 11.8 Å². The molecule has 206 valence electrons. The van der Waals surface area contributed by atoms with E-state index < -0.39 is 28.5 Å². The predicted molar refractivity (Wildman–Crippen MR) is 157 cm³/mol. The number of nitrogens with one attached hydrogen (secondary N) is 1. The van der Waals surface area contributed by atoms with Crippen LogP contribution in [0.3, 0.4) is 0 Å². The second-order valence-electron chi connectivity index (χ2n) is 9.62. The molecule has 1 aliphatic carbocycles. The van der Waals surface area contributed by atoms with Gasteiger partial charge in [0.05, 0.1) is 10.6 Å². The molecule has 1 fully saturated rings. The molecule has 0 heterocycles. The minimum Gasteiger partial charge on any atom is -0.352 e. The largest absolute Gasteiger partial charge is 0.352 e. The van der Waals surface area contributed by atoms with Crippen LogP contribution in [0, 0.1) is 0 Å². The van der Waals surface area contributed by atoms with Gasteiger partial charge in [0, 0.05) is 22.1 Å². The maximum atomic E-state index is 13.9. The molecule has 0 saturated heterocycles. The highest BCUT2D eigenvalue weighted by atomic mass is 79.9. The Bertz CT molecular complexity index is 1380. The second-order valence-corrected chi connectivity index (χ2v) is 12.8. The van der Waals surface area contributed by atoms with Gasteiger partial charge in [-0.2, -0.15) is 0 Å². The van der Waals surface area contributed by atoms with E-state index in [9.17, 15) is 18.0 Å². The highest BCUT2D eigenvalue weighted by Gasteiger charge is 2.33. The van der Waals surface area contributed by atoms with Crippen LogP contribution in [-0.4, -0.2) is 43.8 Å². The molecule has 0 aromatic heterocycles. The van der Waals surface area contributed by atoms with Crippen molar-refractivity contribution in [3.05, 3.63) is 93.9 Å². The standard InChI is InChI=1S/C29H31BrClN3O4S/c1-21(29(36)32-25-7-5-6-8-25)33(19-22-11-13-23(30)14-12-22)28(35)20-34(26-17-15-24(31)16-18-26)39(37,38)27-9-3-2-4-10-27/h2-4,9-18,21,25H,5-8,19-20H2,1H3,(H,32,36). The Labute approximate surface area is 243 Å². The molecule has 0 aliphatic heterocycles. The smallest absolute Gasteiger partial charge is 0.264 e. The number of amides is 2. The van der Waals surface area contributed by atoms with Crippen molar-refractivity contribution >= 4 is 55.1 Å². The Morgan fingerprint density at radius 2 is 1.59 bits per heavy atom. The fourth-order valence-electron chi connectivity index (χ4n) is 4.62. The molecule has 0 radical (unpaired) electrons. The second kappa shape index (κ2) is 13.0. The maximum Gasteiger partial charge on any atom is 0.264 e. The number of carbonyl (C=O) groups is 2. The fraction of sp³-hybridized carbons (Fsp3) is 0.310. The summed E-state index contributed by atoms with van der Waals surface area (Å²) < 4.78 is 29.4. The Hall–Kier alpha value is -2.88. The van der Waals surface area contributed by atoms with Gasteiger partial charge in [-0.3, -0.25) is 13.9 Å². The molecular formula is C29H31BrClN3O4S. The molecule has 3 aromatic carbocycles. The summed E-state index contributed by atoms with van der Waals surface area (Å²) in [7, 11) is -4.10. The zero-order valence-corrected chi connectivity index (χ0v) is 24.8. The number of anilines is 1. The van der Waals surface area contributed by atoms with Crippen LogP contribution in [0.1, 0.15) is 38.2 Å². The van der Waals surface area contributed by atoms with Gasteiger partial charge in [0.15, 0.2) is 0 Å². The SMILES string of the molecule is CC(C(=O)NC1CCCC1)N(Cc1ccc(Br)cc1)C(=O)CN(c1ccc(Cl)cc1)S(=O)(=O)c1ccccc1. The molecule has 2 amide bonds. The first-order chi connectivity index (χ1) is 18.6. The molecule has 1 atom stereocenters. The van der Waals surface area contributed by atoms with Gasteiger partial charge >= 0.3 is 0 Å². The molecule has 1 unspecified atom stereocenters. The zero-order valence-electron chi connectivity index (χ0n) is 21.6. The van der Waals surface area contributed by atoms with E-state index in [1.807, 2.05) is 24.3 Å². The van der Waals surface area contributed by atoms with E-state index in [0.29, 0.717) is 10.7 Å². The van der Waals surface area contributed by atoms with Gasteiger partial charge in [0.1, 0.15) is 12.6 Å². The molecule has 39 heavy (non-hydrogen) atoms. The van der Waals surface area contributed by atoms with E-state index in [0.717, 1.165) is 40.0 Å². The summed E-state index contributed by atoms with van der Waals surface area (Å²) >= 11 is 9.48. The predicted octanol–water partition coefficient (Wildman–Crippen LogP) is 5.77. The minimum absolute atomic E-state index is 0.0548. The third-order valence-electron chi connectivity index (χ3n) is 6.86. The van der Waals surface area contributed by atoms with Crippen molar-refractivity contribution in [1.29, 1.82) is 0 Å². The Morgan fingerprint density at radius 3 is 2.21 bits per heavy atom. The monoisotopic (exact) mass is 631 g/mol. The lowest BCUT2D eigenvalue weighted by atomic mass is 10.1. The molecule has 4 rings (SSSR count). The van der Waals surface area contributed by atoms with E-state index in [4.69, 9.17) is 11.6 Å². The number of nitrogens with zero attached hydrogens (tertiary/aromatic N) is 2. The van der Waals surface area contributed by atoms with Crippen LogP contribution in [-0.2, 0) is 26.2 Å². The van der Waals surface area contributed by atoms with Crippen molar-refractivity contribution in [1.82, 2.24) is 10.2 Å². The lowest BCUT2D eigenvalue weighted by molar-refractivity contribution is -0.139. The average molecular weight is 633 g/mol. The quantitative estimate of drug-likeness (QED) is 0.307. The topological polar surface area (TPSA) is 86.8 Å². The van der Waals surface area contributed by atoms with Crippen molar-refractivity contribution in [3.63, 3.8) is 0 Å². The summed E-state index contributed by atoms with van der Waals surface area (Å²) in [5, 5.41) is 3.51. The lowest BCUT2D eigenvalue weighted by Crippen LogP contribution is -2.52. The Kier molecular flexibility index (Phi) is 9.69. The van der Waals surface area contributed by atoms with Gasteiger partial charge in [-0.15, -0.1) is 0 Å². The van der Waals surface area contributed by atoms with Crippen molar-refractivity contribution in [2.24, 2.45) is 0 Å². The summed E-state index contributed by atoms with van der Waals surface area (Å²) in [6.07, 6.45) is 3.96. The molecule has 1 saturated carbocycles. The average Bonchev–Trinajstić information content (AvgIpc) is 3.45. The van der Waals surface area contributed by atoms with E-state index >= 15 is 0 Å². The van der Waals surface area contributed by atoms with Crippen LogP contribution in [0.5, 0.6) is 0 Å².